The first-order chi connectivity index (χ1) is 9.40. The molecule has 0 spiro atoms. The third kappa shape index (κ3) is 3.38. The lowest BCUT2D eigenvalue weighted by molar-refractivity contribution is 0.466. The predicted molar refractivity (Wildman–Crippen MR) is 89.2 cm³/mol. The first-order valence-corrected chi connectivity index (χ1v) is 7.61. The van der Waals surface area contributed by atoms with Gasteiger partial charge in [-0.2, -0.15) is 0 Å². The Kier molecular flexibility index (Phi) is 5.15. The van der Waals surface area contributed by atoms with Crippen LogP contribution in [0.15, 0.2) is 44.7 Å². The molecule has 0 bridgehead atoms. The maximum absolute atomic E-state index is 6.16. The Balaban J connectivity index is 2.39. The fourth-order valence-electron chi connectivity index (χ4n) is 1.75. The SMILES string of the molecule is C/C(Br)=C1/N=C(Cc2c(Cl)cccc2Cl)C=C(Cl)N1N. The molecule has 7 heteroatoms. The van der Waals surface area contributed by atoms with Gasteiger partial charge in [-0.3, -0.25) is 5.01 Å². The lowest BCUT2D eigenvalue weighted by Crippen LogP contribution is -2.31. The Bertz CT molecular complexity index is 613. The standard InChI is InChI=1S/C13H11BrCl3N3/c1-7(14)13-19-8(6-12(17)20(13)18)5-9-10(15)3-2-4-11(9)16/h2-4,6H,5,18H2,1H3/b13-7+. The first kappa shape index (κ1) is 15.9. The minimum atomic E-state index is 0.381. The van der Waals surface area contributed by atoms with E-state index in [0.29, 0.717) is 27.4 Å². The zero-order valence-corrected chi connectivity index (χ0v) is 14.4. The molecule has 0 fully saturated rings. The van der Waals surface area contributed by atoms with Gasteiger partial charge in [0.25, 0.3) is 0 Å². The van der Waals surface area contributed by atoms with Crippen LogP contribution in [0.4, 0.5) is 0 Å². The number of hydrogen-bond donors (Lipinski definition) is 1. The van der Waals surface area contributed by atoms with Crippen LogP contribution in [0, 0.1) is 0 Å². The summed E-state index contributed by atoms with van der Waals surface area (Å²) in [6.45, 7) is 1.84. The molecule has 0 saturated heterocycles. The van der Waals surface area contributed by atoms with Crippen molar-refractivity contribution in [2.24, 2.45) is 10.8 Å². The van der Waals surface area contributed by atoms with Gasteiger partial charge < -0.3 is 0 Å². The van der Waals surface area contributed by atoms with Crippen molar-refractivity contribution in [3.05, 3.63) is 55.3 Å². The second-order valence-corrected chi connectivity index (χ2v) is 6.57. The number of rotatable bonds is 2. The Morgan fingerprint density at radius 1 is 1.30 bits per heavy atom. The van der Waals surface area contributed by atoms with Gasteiger partial charge in [-0.25, -0.2) is 10.8 Å². The molecule has 3 nitrogen and oxygen atoms in total. The molecule has 1 heterocycles. The molecule has 1 aromatic carbocycles. The Morgan fingerprint density at radius 3 is 2.45 bits per heavy atom. The van der Waals surface area contributed by atoms with Crippen molar-refractivity contribution in [3.63, 3.8) is 0 Å². The van der Waals surface area contributed by atoms with Crippen molar-refractivity contribution in [1.82, 2.24) is 5.01 Å². The molecule has 2 rings (SSSR count). The van der Waals surface area contributed by atoms with E-state index in [4.69, 9.17) is 40.6 Å². The van der Waals surface area contributed by atoms with Crippen LogP contribution in [-0.4, -0.2) is 10.7 Å². The van der Waals surface area contributed by atoms with Crippen LogP contribution in [0.3, 0.4) is 0 Å². The molecule has 2 N–H and O–H groups in total. The monoisotopic (exact) mass is 393 g/mol. The largest absolute Gasteiger partial charge is 0.250 e. The molecule has 0 aliphatic carbocycles. The number of hydrazine groups is 1. The topological polar surface area (TPSA) is 41.6 Å². The fraction of sp³-hybridized carbons (Fsp3) is 0.154. The third-order valence-corrected chi connectivity index (χ3v) is 4.08. The van der Waals surface area contributed by atoms with E-state index < -0.39 is 0 Å². The molecule has 0 aromatic heterocycles. The van der Waals surface area contributed by atoms with E-state index in [-0.39, 0.29) is 0 Å². The lowest BCUT2D eigenvalue weighted by atomic mass is 10.1. The summed E-state index contributed by atoms with van der Waals surface area (Å²) in [6.07, 6.45) is 2.17. The smallest absolute Gasteiger partial charge is 0.158 e. The Hall–Kier alpha value is -0.520. The summed E-state index contributed by atoms with van der Waals surface area (Å²) in [5, 5.41) is 2.89. The first-order valence-electron chi connectivity index (χ1n) is 5.69. The van der Waals surface area contributed by atoms with E-state index in [2.05, 4.69) is 20.9 Å². The average Bonchev–Trinajstić information content (AvgIpc) is 2.37. The Morgan fingerprint density at radius 2 is 1.90 bits per heavy atom. The summed E-state index contributed by atoms with van der Waals surface area (Å²) in [5.41, 5.74) is 1.55. The minimum absolute atomic E-state index is 0.381. The van der Waals surface area contributed by atoms with Crippen LogP contribution in [0.2, 0.25) is 10.0 Å². The van der Waals surface area contributed by atoms with Gasteiger partial charge in [0, 0.05) is 20.9 Å². The van der Waals surface area contributed by atoms with E-state index in [9.17, 15) is 0 Å². The summed E-state index contributed by atoms with van der Waals surface area (Å²) < 4.78 is 0.786. The second kappa shape index (κ2) is 6.50. The van der Waals surface area contributed by atoms with Crippen LogP contribution in [0.25, 0.3) is 0 Å². The molecular weight excluding hydrogens is 384 g/mol. The number of aliphatic imine (C=N–C) groups is 1. The predicted octanol–water partition coefficient (Wildman–Crippen LogP) is 4.83. The van der Waals surface area contributed by atoms with Crippen LogP contribution in [0.1, 0.15) is 12.5 Å². The van der Waals surface area contributed by atoms with Gasteiger partial charge >= 0.3 is 0 Å². The molecule has 1 aliphatic heterocycles. The van der Waals surface area contributed by atoms with Gasteiger partial charge in [0.2, 0.25) is 0 Å². The molecule has 0 saturated carbocycles. The fourth-order valence-corrected chi connectivity index (χ4v) is 2.76. The number of hydrogen-bond acceptors (Lipinski definition) is 3. The molecule has 1 aromatic rings. The van der Waals surface area contributed by atoms with Crippen molar-refractivity contribution in [2.45, 2.75) is 13.3 Å². The normalized spacial score (nSPS) is 17.8. The summed E-state index contributed by atoms with van der Waals surface area (Å²) in [4.78, 5) is 4.46. The summed E-state index contributed by atoms with van der Waals surface area (Å²) >= 11 is 21.8. The molecule has 0 amide bonds. The van der Waals surface area contributed by atoms with Gasteiger partial charge in [-0.1, -0.05) is 56.8 Å². The highest BCUT2D eigenvalue weighted by Crippen LogP contribution is 2.29. The van der Waals surface area contributed by atoms with Crippen LogP contribution < -0.4 is 5.84 Å². The summed E-state index contributed by atoms with van der Waals surface area (Å²) in [6, 6.07) is 5.38. The third-order valence-electron chi connectivity index (χ3n) is 2.72. The van der Waals surface area contributed by atoms with E-state index in [1.54, 1.807) is 24.3 Å². The van der Waals surface area contributed by atoms with Crippen molar-refractivity contribution < 1.29 is 0 Å². The molecule has 0 unspecified atom stereocenters. The highest BCUT2D eigenvalue weighted by atomic mass is 79.9. The van der Waals surface area contributed by atoms with Crippen LogP contribution in [-0.2, 0) is 6.42 Å². The van der Waals surface area contributed by atoms with Gasteiger partial charge in [0.05, 0.1) is 5.71 Å². The van der Waals surface area contributed by atoms with E-state index >= 15 is 0 Å². The van der Waals surface area contributed by atoms with E-state index in [1.165, 1.54) is 5.01 Å². The summed E-state index contributed by atoms with van der Waals surface area (Å²) in [7, 11) is 0. The Labute approximate surface area is 140 Å². The quantitative estimate of drug-likeness (QED) is 0.576. The molecule has 106 valence electrons. The average molecular weight is 396 g/mol. The molecule has 20 heavy (non-hydrogen) atoms. The molecule has 0 radical (unpaired) electrons. The highest BCUT2D eigenvalue weighted by molar-refractivity contribution is 9.11. The van der Waals surface area contributed by atoms with E-state index in [1.807, 2.05) is 6.92 Å². The maximum Gasteiger partial charge on any atom is 0.158 e. The molecule has 0 atom stereocenters. The number of nitrogens with two attached hydrogens (primary N) is 1. The van der Waals surface area contributed by atoms with Gasteiger partial charge in [-0.15, -0.1) is 0 Å². The van der Waals surface area contributed by atoms with Gasteiger partial charge in [-0.05, 0) is 30.7 Å². The zero-order valence-electron chi connectivity index (χ0n) is 10.5. The lowest BCUT2D eigenvalue weighted by Gasteiger charge is -2.23. The second-order valence-electron chi connectivity index (χ2n) is 4.17. The van der Waals surface area contributed by atoms with Crippen molar-refractivity contribution in [2.75, 3.05) is 0 Å². The molecular formula is C13H11BrCl3N3. The van der Waals surface area contributed by atoms with E-state index in [0.717, 1.165) is 15.8 Å². The number of halogens is 4. The van der Waals surface area contributed by atoms with Gasteiger partial charge in [0.1, 0.15) is 5.16 Å². The van der Waals surface area contributed by atoms with Crippen LogP contribution >= 0.6 is 50.7 Å². The van der Waals surface area contributed by atoms with Gasteiger partial charge in [0.15, 0.2) is 5.82 Å². The maximum atomic E-state index is 6.16. The van der Waals surface area contributed by atoms with Crippen molar-refractivity contribution >= 4 is 56.4 Å². The number of nitrogens with zero attached hydrogens (tertiary/aromatic N) is 2. The summed E-state index contributed by atoms with van der Waals surface area (Å²) in [5.74, 6) is 6.38. The molecule has 1 aliphatic rings. The van der Waals surface area contributed by atoms with Crippen LogP contribution in [0.5, 0.6) is 0 Å². The van der Waals surface area contributed by atoms with Crippen molar-refractivity contribution in [3.8, 4) is 0 Å². The minimum Gasteiger partial charge on any atom is -0.250 e. The number of benzene rings is 1. The van der Waals surface area contributed by atoms with Crippen molar-refractivity contribution in [1.29, 1.82) is 0 Å². The highest BCUT2D eigenvalue weighted by Gasteiger charge is 2.19. The number of allylic oxidation sites excluding steroid dienone is 2. The zero-order chi connectivity index (χ0) is 14.9.